The molecule has 6 heteroatoms. The lowest BCUT2D eigenvalue weighted by Gasteiger charge is -2.35. The minimum atomic E-state index is -0.784. The van der Waals surface area contributed by atoms with Crippen molar-refractivity contribution in [2.75, 3.05) is 32.7 Å². The Labute approximate surface area is 214 Å². The minimum Gasteiger partial charge on any atom is -0.480 e. The lowest BCUT2D eigenvalue weighted by atomic mass is 9.87. The molecule has 3 atom stereocenters. The zero-order valence-electron chi connectivity index (χ0n) is 21.6. The van der Waals surface area contributed by atoms with Gasteiger partial charge in [-0.25, -0.2) is 8.78 Å². The molecule has 2 heterocycles. The van der Waals surface area contributed by atoms with Crippen molar-refractivity contribution in [3.05, 3.63) is 71.3 Å². The van der Waals surface area contributed by atoms with E-state index in [0.717, 1.165) is 70.4 Å². The van der Waals surface area contributed by atoms with Crippen molar-refractivity contribution in [2.45, 2.75) is 57.9 Å². The van der Waals surface area contributed by atoms with Gasteiger partial charge < -0.3 is 10.0 Å². The van der Waals surface area contributed by atoms with E-state index < -0.39 is 23.6 Å². The van der Waals surface area contributed by atoms with Gasteiger partial charge in [-0.3, -0.25) is 9.69 Å². The summed E-state index contributed by atoms with van der Waals surface area (Å²) < 4.78 is 26.6. The number of carboxylic acids is 1. The van der Waals surface area contributed by atoms with Crippen LogP contribution < -0.4 is 0 Å². The topological polar surface area (TPSA) is 43.8 Å². The number of nitrogens with zero attached hydrogens (tertiary/aromatic N) is 2. The highest BCUT2D eigenvalue weighted by molar-refractivity contribution is 5.73. The fourth-order valence-corrected chi connectivity index (χ4v) is 6.34. The van der Waals surface area contributed by atoms with E-state index in [9.17, 15) is 18.7 Å². The lowest BCUT2D eigenvalue weighted by molar-refractivity contribution is -0.144. The average Bonchev–Trinajstić information content (AvgIpc) is 3.25. The maximum Gasteiger partial charge on any atom is 0.321 e. The molecule has 2 saturated heterocycles. The van der Waals surface area contributed by atoms with Crippen LogP contribution in [0.3, 0.4) is 0 Å². The predicted octanol–water partition coefficient (Wildman–Crippen LogP) is 5.82. The van der Waals surface area contributed by atoms with Gasteiger partial charge in [0.2, 0.25) is 0 Å². The number of hydrogen-bond donors (Lipinski definition) is 1. The molecule has 0 aromatic heterocycles. The summed E-state index contributed by atoms with van der Waals surface area (Å²) in [7, 11) is 0. The first-order valence-corrected chi connectivity index (χ1v) is 13.5. The molecular weight excluding hydrogens is 458 g/mol. The Hall–Kier alpha value is -2.31. The second-order valence-corrected chi connectivity index (χ2v) is 11.1. The molecule has 4 rings (SSSR count). The van der Waals surface area contributed by atoms with E-state index in [1.54, 1.807) is 6.07 Å². The Bertz CT molecular complexity index is 992. The van der Waals surface area contributed by atoms with Crippen LogP contribution in [0, 0.1) is 29.4 Å². The van der Waals surface area contributed by atoms with E-state index in [4.69, 9.17) is 0 Å². The van der Waals surface area contributed by atoms with Gasteiger partial charge in [0.15, 0.2) is 11.6 Å². The lowest BCUT2D eigenvalue weighted by Crippen LogP contribution is -2.44. The number of carbonyl (C=O) groups is 1. The van der Waals surface area contributed by atoms with Crippen molar-refractivity contribution in [1.82, 2.24) is 9.80 Å². The predicted molar refractivity (Wildman–Crippen MR) is 139 cm³/mol. The molecule has 36 heavy (non-hydrogen) atoms. The zero-order valence-corrected chi connectivity index (χ0v) is 21.6. The van der Waals surface area contributed by atoms with Crippen LogP contribution in [0.1, 0.15) is 56.6 Å². The summed E-state index contributed by atoms with van der Waals surface area (Å²) in [6.07, 6.45) is 5.22. The molecule has 0 spiro atoms. The number of aliphatic carboxylic acids is 1. The van der Waals surface area contributed by atoms with Gasteiger partial charge in [0.1, 0.15) is 6.04 Å². The van der Waals surface area contributed by atoms with E-state index in [1.807, 2.05) is 19.9 Å². The number of aryl methyl sites for hydroxylation is 1. The van der Waals surface area contributed by atoms with Crippen molar-refractivity contribution in [2.24, 2.45) is 17.8 Å². The minimum absolute atomic E-state index is 0.0693. The van der Waals surface area contributed by atoms with Crippen LogP contribution >= 0.6 is 0 Å². The van der Waals surface area contributed by atoms with Crippen LogP contribution in [0.25, 0.3) is 0 Å². The van der Waals surface area contributed by atoms with Gasteiger partial charge in [-0.15, -0.1) is 0 Å². The Kier molecular flexibility index (Phi) is 9.13. The summed E-state index contributed by atoms with van der Waals surface area (Å²) in [4.78, 5) is 16.8. The number of rotatable bonds is 10. The fraction of sp³-hybridized carbons (Fsp3) is 0.567. The van der Waals surface area contributed by atoms with Crippen LogP contribution in [0.15, 0.2) is 48.5 Å². The Morgan fingerprint density at radius 3 is 2.39 bits per heavy atom. The fourth-order valence-electron chi connectivity index (χ4n) is 6.34. The normalized spacial score (nSPS) is 22.8. The molecule has 4 nitrogen and oxygen atoms in total. The highest BCUT2D eigenvalue weighted by Gasteiger charge is 2.41. The van der Waals surface area contributed by atoms with Crippen molar-refractivity contribution in [1.29, 1.82) is 0 Å². The average molecular weight is 499 g/mol. The van der Waals surface area contributed by atoms with E-state index in [2.05, 4.69) is 34.1 Å². The Balaban J connectivity index is 1.30. The number of benzene rings is 2. The van der Waals surface area contributed by atoms with Gasteiger partial charge in [-0.05, 0) is 79.8 Å². The summed E-state index contributed by atoms with van der Waals surface area (Å²) in [6, 6.07) is 14.4. The van der Waals surface area contributed by atoms with Crippen LogP contribution in [0.4, 0.5) is 8.78 Å². The summed E-state index contributed by atoms with van der Waals surface area (Å²) in [6.45, 7) is 8.76. The zero-order chi connectivity index (χ0) is 25.7. The van der Waals surface area contributed by atoms with Gasteiger partial charge in [-0.2, -0.15) is 0 Å². The number of carboxylic acid groups (broad SMARTS) is 1. The quantitative estimate of drug-likeness (QED) is 0.448. The smallest absolute Gasteiger partial charge is 0.321 e. The maximum atomic E-state index is 13.4. The summed E-state index contributed by atoms with van der Waals surface area (Å²) in [5.74, 6) is -0.759. The van der Waals surface area contributed by atoms with Gasteiger partial charge >= 0.3 is 5.97 Å². The molecule has 2 aliphatic heterocycles. The van der Waals surface area contributed by atoms with E-state index in [-0.39, 0.29) is 5.92 Å². The first-order valence-electron chi connectivity index (χ1n) is 13.5. The summed E-state index contributed by atoms with van der Waals surface area (Å²) in [5.41, 5.74) is 2.18. The number of hydrogen-bond acceptors (Lipinski definition) is 3. The number of piperidine rings is 1. The third-order valence-corrected chi connectivity index (χ3v) is 8.24. The monoisotopic (exact) mass is 498 g/mol. The third kappa shape index (κ3) is 6.71. The second kappa shape index (κ2) is 12.3. The second-order valence-electron chi connectivity index (χ2n) is 11.1. The standard InChI is InChI=1S/C30H40F2N2O2/c1-21(2)29(30(35)36)34-19-25(26(20-34)24-9-4-3-5-10-24)18-33-15-13-22(14-16-33)7-6-8-23-11-12-27(31)28(32)17-23/h3-5,9-12,17,21-22,25-26,29H,6-8,13-16,18-20H2,1-2H3,(H,35,36). The number of likely N-dealkylation sites (tertiary alicyclic amines) is 2. The highest BCUT2D eigenvalue weighted by Crippen LogP contribution is 2.36. The molecule has 0 bridgehead atoms. The molecule has 2 fully saturated rings. The van der Waals surface area contributed by atoms with Crippen LogP contribution in [-0.4, -0.2) is 59.6 Å². The number of halogens is 2. The van der Waals surface area contributed by atoms with Crippen LogP contribution in [0.5, 0.6) is 0 Å². The molecule has 3 unspecified atom stereocenters. The molecule has 0 amide bonds. The molecular formula is C30H40F2N2O2. The first-order chi connectivity index (χ1) is 17.3. The first kappa shape index (κ1) is 26.7. The molecule has 1 N–H and O–H groups in total. The molecule has 0 aliphatic carbocycles. The molecule has 2 aromatic rings. The SMILES string of the molecule is CC(C)C(C(=O)O)N1CC(CN2CCC(CCCc3ccc(F)c(F)c3)CC2)C(c2ccccc2)C1. The summed E-state index contributed by atoms with van der Waals surface area (Å²) >= 11 is 0. The van der Waals surface area contributed by atoms with Crippen LogP contribution in [-0.2, 0) is 11.2 Å². The van der Waals surface area contributed by atoms with Crippen molar-refractivity contribution >= 4 is 5.97 Å². The van der Waals surface area contributed by atoms with Crippen LogP contribution in [0.2, 0.25) is 0 Å². The van der Waals surface area contributed by atoms with Gasteiger partial charge in [0, 0.05) is 25.6 Å². The molecule has 0 saturated carbocycles. The van der Waals surface area contributed by atoms with Crippen molar-refractivity contribution in [3.8, 4) is 0 Å². The molecule has 0 radical (unpaired) electrons. The molecule has 2 aromatic carbocycles. The summed E-state index contributed by atoms with van der Waals surface area (Å²) in [5, 5.41) is 9.88. The van der Waals surface area contributed by atoms with Gasteiger partial charge in [-0.1, -0.05) is 56.7 Å². The van der Waals surface area contributed by atoms with Gasteiger partial charge in [0.05, 0.1) is 0 Å². The largest absolute Gasteiger partial charge is 0.480 e. The Morgan fingerprint density at radius 1 is 1.03 bits per heavy atom. The Morgan fingerprint density at radius 2 is 1.75 bits per heavy atom. The van der Waals surface area contributed by atoms with Gasteiger partial charge in [0.25, 0.3) is 0 Å². The van der Waals surface area contributed by atoms with Crippen molar-refractivity contribution in [3.63, 3.8) is 0 Å². The van der Waals surface area contributed by atoms with E-state index >= 15 is 0 Å². The third-order valence-electron chi connectivity index (χ3n) is 8.24. The highest BCUT2D eigenvalue weighted by atomic mass is 19.2. The van der Waals surface area contributed by atoms with E-state index in [1.165, 1.54) is 17.7 Å². The molecule has 2 aliphatic rings. The van der Waals surface area contributed by atoms with E-state index in [0.29, 0.717) is 17.8 Å². The van der Waals surface area contributed by atoms with Crippen molar-refractivity contribution < 1.29 is 18.7 Å². The maximum absolute atomic E-state index is 13.4. The molecule has 196 valence electrons.